The maximum atomic E-state index is 11.5. The maximum absolute atomic E-state index is 11.5. The molecule has 6 heteroatoms. The Kier molecular flexibility index (Phi) is 3.78. The van der Waals surface area contributed by atoms with Crippen LogP contribution in [0, 0.1) is 0 Å². The number of para-hydroxylation sites is 1. The molecule has 1 amide bonds. The van der Waals surface area contributed by atoms with Crippen LogP contribution in [0.4, 0.5) is 5.69 Å². The van der Waals surface area contributed by atoms with Gasteiger partial charge in [0.1, 0.15) is 0 Å². The Balaban J connectivity index is 1.84. The van der Waals surface area contributed by atoms with E-state index in [1.54, 1.807) is 0 Å². The fraction of sp³-hybridized carbons (Fsp3) is 0.333. The molecule has 0 spiro atoms. The highest BCUT2D eigenvalue weighted by Gasteiger charge is 2.23. The summed E-state index contributed by atoms with van der Waals surface area (Å²) in [6.07, 6.45) is 0.267. The normalized spacial score (nSPS) is 16.8. The van der Waals surface area contributed by atoms with Crippen LogP contribution in [0.25, 0.3) is 0 Å². The quantitative estimate of drug-likeness (QED) is 0.670. The van der Waals surface area contributed by atoms with Gasteiger partial charge in [0.2, 0.25) is 5.91 Å². The van der Waals surface area contributed by atoms with E-state index in [1.807, 2.05) is 24.3 Å². The molecule has 6 nitrogen and oxygen atoms in total. The zero-order valence-electron chi connectivity index (χ0n) is 9.68. The van der Waals surface area contributed by atoms with Crippen molar-refractivity contribution in [2.75, 3.05) is 18.5 Å². The lowest BCUT2D eigenvalue weighted by Crippen LogP contribution is -2.28. The SMILES string of the molecule is O=C(O)CONC(=O)CC1CNc2ccccc21. The van der Waals surface area contributed by atoms with Crippen LogP contribution in [0.3, 0.4) is 0 Å². The Bertz CT molecular complexity index is 461. The summed E-state index contributed by atoms with van der Waals surface area (Å²) in [5, 5.41) is 11.6. The van der Waals surface area contributed by atoms with E-state index in [1.165, 1.54) is 0 Å². The van der Waals surface area contributed by atoms with Crippen molar-refractivity contribution in [3.63, 3.8) is 0 Å². The molecule has 1 aromatic rings. The van der Waals surface area contributed by atoms with Gasteiger partial charge < -0.3 is 10.4 Å². The number of carboxylic acids is 1. The van der Waals surface area contributed by atoms with Gasteiger partial charge in [-0.3, -0.25) is 9.63 Å². The summed E-state index contributed by atoms with van der Waals surface area (Å²) in [6, 6.07) is 7.81. The van der Waals surface area contributed by atoms with Crippen LogP contribution < -0.4 is 10.8 Å². The lowest BCUT2D eigenvalue weighted by Gasteiger charge is -2.09. The topological polar surface area (TPSA) is 87.7 Å². The summed E-state index contributed by atoms with van der Waals surface area (Å²) in [5.41, 5.74) is 4.27. The number of rotatable bonds is 5. The van der Waals surface area contributed by atoms with E-state index >= 15 is 0 Å². The first-order valence-electron chi connectivity index (χ1n) is 5.62. The van der Waals surface area contributed by atoms with E-state index in [0.29, 0.717) is 6.54 Å². The second-order valence-electron chi connectivity index (χ2n) is 4.08. The highest BCUT2D eigenvalue weighted by molar-refractivity contribution is 5.77. The second-order valence-corrected chi connectivity index (χ2v) is 4.08. The van der Waals surface area contributed by atoms with Crippen LogP contribution in [0.2, 0.25) is 0 Å². The molecule has 0 bridgehead atoms. The Morgan fingerprint density at radius 3 is 3.00 bits per heavy atom. The average Bonchev–Trinajstić information content (AvgIpc) is 2.72. The lowest BCUT2D eigenvalue weighted by atomic mass is 9.98. The minimum absolute atomic E-state index is 0.0922. The molecule has 0 radical (unpaired) electrons. The van der Waals surface area contributed by atoms with E-state index in [0.717, 1.165) is 11.3 Å². The molecule has 3 N–H and O–H groups in total. The minimum Gasteiger partial charge on any atom is -0.479 e. The van der Waals surface area contributed by atoms with E-state index < -0.39 is 12.6 Å². The number of carbonyl (C=O) groups is 2. The lowest BCUT2D eigenvalue weighted by molar-refractivity contribution is -0.149. The molecule has 1 aromatic carbocycles. The molecule has 18 heavy (non-hydrogen) atoms. The first-order chi connectivity index (χ1) is 8.66. The number of anilines is 1. The Morgan fingerprint density at radius 2 is 2.22 bits per heavy atom. The molecule has 96 valence electrons. The number of amides is 1. The van der Waals surface area contributed by atoms with Crippen molar-refractivity contribution >= 4 is 17.6 Å². The van der Waals surface area contributed by atoms with Gasteiger partial charge in [0.25, 0.3) is 0 Å². The van der Waals surface area contributed by atoms with Gasteiger partial charge in [-0.2, -0.15) is 0 Å². The van der Waals surface area contributed by atoms with Crippen molar-refractivity contribution in [1.29, 1.82) is 0 Å². The number of nitrogens with one attached hydrogen (secondary N) is 2. The number of hydrogen-bond donors (Lipinski definition) is 3. The number of benzene rings is 1. The number of carboxylic acid groups (broad SMARTS) is 1. The van der Waals surface area contributed by atoms with Crippen molar-refractivity contribution in [2.45, 2.75) is 12.3 Å². The minimum atomic E-state index is -1.12. The summed E-state index contributed by atoms with van der Waals surface area (Å²) in [4.78, 5) is 26.3. The highest BCUT2D eigenvalue weighted by atomic mass is 16.7. The Labute approximate surface area is 104 Å². The maximum Gasteiger partial charge on any atom is 0.332 e. The zero-order chi connectivity index (χ0) is 13.0. The summed E-state index contributed by atoms with van der Waals surface area (Å²) < 4.78 is 0. The fourth-order valence-corrected chi connectivity index (χ4v) is 1.98. The van der Waals surface area contributed by atoms with Crippen LogP contribution >= 0.6 is 0 Å². The van der Waals surface area contributed by atoms with Crippen molar-refractivity contribution in [3.05, 3.63) is 29.8 Å². The van der Waals surface area contributed by atoms with Crippen LogP contribution in [0.1, 0.15) is 17.9 Å². The van der Waals surface area contributed by atoms with Crippen LogP contribution in [-0.4, -0.2) is 30.1 Å². The number of hydroxylamine groups is 1. The molecule has 1 heterocycles. The van der Waals surface area contributed by atoms with Gasteiger partial charge in [-0.05, 0) is 11.6 Å². The Hall–Kier alpha value is -2.08. The van der Waals surface area contributed by atoms with E-state index in [2.05, 4.69) is 15.6 Å². The zero-order valence-corrected chi connectivity index (χ0v) is 9.68. The third-order valence-corrected chi connectivity index (χ3v) is 2.75. The third kappa shape index (κ3) is 2.98. The van der Waals surface area contributed by atoms with Gasteiger partial charge in [-0.25, -0.2) is 10.3 Å². The van der Waals surface area contributed by atoms with Gasteiger partial charge in [0.05, 0.1) is 0 Å². The smallest absolute Gasteiger partial charge is 0.332 e. The average molecular weight is 250 g/mol. The molecule has 1 unspecified atom stereocenters. The molecule has 2 rings (SSSR count). The van der Waals surface area contributed by atoms with E-state index in [9.17, 15) is 9.59 Å². The van der Waals surface area contributed by atoms with Gasteiger partial charge in [-0.15, -0.1) is 0 Å². The monoisotopic (exact) mass is 250 g/mol. The van der Waals surface area contributed by atoms with Gasteiger partial charge >= 0.3 is 5.97 Å². The number of hydrogen-bond acceptors (Lipinski definition) is 4. The number of fused-ring (bicyclic) bond motifs is 1. The first-order valence-corrected chi connectivity index (χ1v) is 5.62. The first kappa shape index (κ1) is 12.4. The molecule has 0 aromatic heterocycles. The largest absolute Gasteiger partial charge is 0.479 e. The van der Waals surface area contributed by atoms with Crippen LogP contribution in [0.5, 0.6) is 0 Å². The van der Waals surface area contributed by atoms with Crippen molar-refractivity contribution < 1.29 is 19.5 Å². The van der Waals surface area contributed by atoms with Crippen LogP contribution in [0.15, 0.2) is 24.3 Å². The second kappa shape index (κ2) is 5.50. The van der Waals surface area contributed by atoms with E-state index in [-0.39, 0.29) is 18.2 Å². The predicted molar refractivity (Wildman–Crippen MR) is 64.0 cm³/mol. The summed E-state index contributed by atoms with van der Waals surface area (Å²) in [6.45, 7) is 0.164. The fourth-order valence-electron chi connectivity index (χ4n) is 1.98. The molecule has 0 fully saturated rings. The highest BCUT2D eigenvalue weighted by Crippen LogP contribution is 2.32. The standard InChI is InChI=1S/C12H14N2O4/c15-11(14-18-7-12(16)17)5-8-6-13-10-4-2-1-3-9(8)10/h1-4,8,13H,5-7H2,(H,14,15)(H,16,17). The molecule has 0 saturated heterocycles. The molecule has 1 aliphatic rings. The molecule has 0 saturated carbocycles. The molecular weight excluding hydrogens is 236 g/mol. The van der Waals surface area contributed by atoms with Crippen LogP contribution in [-0.2, 0) is 14.4 Å². The number of carbonyl (C=O) groups excluding carboxylic acids is 1. The molecule has 0 aliphatic carbocycles. The number of aliphatic carboxylic acids is 1. The molecule has 1 aliphatic heterocycles. The summed E-state index contributed by atoms with van der Waals surface area (Å²) in [7, 11) is 0. The summed E-state index contributed by atoms with van der Waals surface area (Å²) in [5.74, 6) is -1.35. The van der Waals surface area contributed by atoms with Gasteiger partial charge in [0.15, 0.2) is 6.61 Å². The molecular formula is C12H14N2O4. The van der Waals surface area contributed by atoms with Crippen molar-refractivity contribution in [2.24, 2.45) is 0 Å². The van der Waals surface area contributed by atoms with E-state index in [4.69, 9.17) is 5.11 Å². The van der Waals surface area contributed by atoms with Gasteiger partial charge in [-0.1, -0.05) is 18.2 Å². The summed E-state index contributed by atoms with van der Waals surface area (Å²) >= 11 is 0. The third-order valence-electron chi connectivity index (χ3n) is 2.75. The predicted octanol–water partition coefficient (Wildman–Crippen LogP) is 0.718. The van der Waals surface area contributed by atoms with Crippen molar-refractivity contribution in [1.82, 2.24) is 5.48 Å². The molecule has 1 atom stereocenters. The van der Waals surface area contributed by atoms with Gasteiger partial charge in [0, 0.05) is 24.6 Å². The Morgan fingerprint density at radius 1 is 1.44 bits per heavy atom. The van der Waals surface area contributed by atoms with Crippen molar-refractivity contribution in [3.8, 4) is 0 Å².